The van der Waals surface area contributed by atoms with Crippen molar-refractivity contribution >= 4 is 0 Å². The Morgan fingerprint density at radius 1 is 1.42 bits per heavy atom. The molecule has 0 aliphatic heterocycles. The topological polar surface area (TPSA) is 20.2 Å². The first kappa shape index (κ1) is 10.0. The van der Waals surface area contributed by atoms with Gasteiger partial charge in [-0.15, -0.1) is 0 Å². The fourth-order valence-electron chi connectivity index (χ4n) is 2.48. The van der Waals surface area contributed by atoms with E-state index in [-0.39, 0.29) is 6.10 Å². The highest BCUT2D eigenvalue weighted by Crippen LogP contribution is 2.36. The maximum Gasteiger partial charge on any atom is 0.0568 e. The molecule has 1 heteroatoms. The molecule has 0 bridgehead atoms. The van der Waals surface area contributed by atoms with E-state index < -0.39 is 0 Å². The molecule has 72 valence electrons. The summed E-state index contributed by atoms with van der Waals surface area (Å²) in [6.07, 6.45) is 4.79. The van der Waals surface area contributed by atoms with Crippen LogP contribution in [0.2, 0.25) is 0 Å². The summed E-state index contributed by atoms with van der Waals surface area (Å²) in [5, 5.41) is 9.69. The first-order valence-corrected chi connectivity index (χ1v) is 5.34. The summed E-state index contributed by atoms with van der Waals surface area (Å²) in [7, 11) is 0. The average Bonchev–Trinajstić information content (AvgIpc) is 2.08. The predicted molar refractivity (Wildman–Crippen MR) is 52.0 cm³/mol. The molecule has 0 spiro atoms. The minimum atomic E-state index is -0.0299. The number of hydrogen-bond acceptors (Lipinski definition) is 1. The van der Waals surface area contributed by atoms with E-state index in [4.69, 9.17) is 0 Å². The summed E-state index contributed by atoms with van der Waals surface area (Å²) >= 11 is 0. The Hall–Kier alpha value is -0.0400. The number of hydrogen-bond donors (Lipinski definition) is 1. The van der Waals surface area contributed by atoms with E-state index in [9.17, 15) is 5.11 Å². The molecule has 1 rings (SSSR count). The molecule has 1 fully saturated rings. The fourth-order valence-corrected chi connectivity index (χ4v) is 2.48. The summed E-state index contributed by atoms with van der Waals surface area (Å²) in [6.45, 7) is 6.78. The standard InChI is InChI=1S/C11H22O/c1-4-8(2)10-6-5-7-11(12)9(10)3/h8-12H,4-7H2,1-3H3. The van der Waals surface area contributed by atoms with Gasteiger partial charge in [-0.3, -0.25) is 0 Å². The lowest BCUT2D eigenvalue weighted by atomic mass is 9.72. The van der Waals surface area contributed by atoms with Crippen molar-refractivity contribution in [3.8, 4) is 0 Å². The van der Waals surface area contributed by atoms with E-state index in [1.807, 2.05) is 0 Å². The molecule has 0 saturated heterocycles. The van der Waals surface area contributed by atoms with Gasteiger partial charge in [-0.2, -0.15) is 0 Å². The van der Waals surface area contributed by atoms with Crippen LogP contribution in [-0.2, 0) is 0 Å². The number of rotatable bonds is 2. The van der Waals surface area contributed by atoms with E-state index in [2.05, 4.69) is 20.8 Å². The number of aliphatic hydroxyl groups is 1. The van der Waals surface area contributed by atoms with Gasteiger partial charge in [-0.25, -0.2) is 0 Å². The van der Waals surface area contributed by atoms with Crippen LogP contribution in [0.25, 0.3) is 0 Å². The molecule has 1 saturated carbocycles. The zero-order chi connectivity index (χ0) is 9.14. The first-order valence-electron chi connectivity index (χ1n) is 5.34. The Morgan fingerprint density at radius 2 is 2.08 bits per heavy atom. The lowest BCUT2D eigenvalue weighted by Gasteiger charge is -2.36. The molecular formula is C11H22O. The number of aliphatic hydroxyl groups excluding tert-OH is 1. The van der Waals surface area contributed by atoms with Gasteiger partial charge in [-0.1, -0.05) is 33.6 Å². The van der Waals surface area contributed by atoms with Crippen molar-refractivity contribution in [2.24, 2.45) is 17.8 Å². The predicted octanol–water partition coefficient (Wildman–Crippen LogP) is 2.83. The van der Waals surface area contributed by atoms with Gasteiger partial charge >= 0.3 is 0 Å². The van der Waals surface area contributed by atoms with E-state index in [1.165, 1.54) is 19.3 Å². The highest BCUT2D eigenvalue weighted by molar-refractivity contribution is 4.81. The molecule has 0 heterocycles. The molecule has 12 heavy (non-hydrogen) atoms. The van der Waals surface area contributed by atoms with Crippen LogP contribution in [0, 0.1) is 17.8 Å². The van der Waals surface area contributed by atoms with E-state index in [0.29, 0.717) is 5.92 Å². The molecule has 1 aliphatic carbocycles. The van der Waals surface area contributed by atoms with Crippen LogP contribution >= 0.6 is 0 Å². The second-order valence-electron chi connectivity index (χ2n) is 4.41. The Balaban J connectivity index is 2.51. The van der Waals surface area contributed by atoms with Crippen molar-refractivity contribution < 1.29 is 5.11 Å². The molecule has 1 N–H and O–H groups in total. The third-order valence-electron chi connectivity index (χ3n) is 3.69. The molecule has 4 unspecified atom stereocenters. The SMILES string of the molecule is CCC(C)C1CCCC(O)C1C. The van der Waals surface area contributed by atoms with Gasteiger partial charge in [0.15, 0.2) is 0 Å². The van der Waals surface area contributed by atoms with Crippen LogP contribution < -0.4 is 0 Å². The fraction of sp³-hybridized carbons (Fsp3) is 1.00. The molecule has 4 atom stereocenters. The van der Waals surface area contributed by atoms with Gasteiger partial charge in [0.25, 0.3) is 0 Å². The Kier molecular flexibility index (Phi) is 3.57. The molecule has 0 amide bonds. The van der Waals surface area contributed by atoms with Gasteiger partial charge in [0, 0.05) is 0 Å². The monoisotopic (exact) mass is 170 g/mol. The van der Waals surface area contributed by atoms with E-state index in [0.717, 1.165) is 18.3 Å². The normalized spacial score (nSPS) is 39.5. The molecule has 0 aromatic heterocycles. The second-order valence-corrected chi connectivity index (χ2v) is 4.41. The summed E-state index contributed by atoms with van der Waals surface area (Å²) in [5.41, 5.74) is 0. The van der Waals surface area contributed by atoms with E-state index >= 15 is 0 Å². The second kappa shape index (κ2) is 4.27. The molecule has 1 nitrogen and oxygen atoms in total. The smallest absolute Gasteiger partial charge is 0.0568 e. The van der Waals surface area contributed by atoms with Crippen molar-refractivity contribution in [2.45, 2.75) is 52.6 Å². The maximum absolute atomic E-state index is 9.69. The zero-order valence-electron chi connectivity index (χ0n) is 8.59. The van der Waals surface area contributed by atoms with Gasteiger partial charge < -0.3 is 5.11 Å². The molecule has 1 aliphatic rings. The zero-order valence-corrected chi connectivity index (χ0v) is 8.59. The Bertz CT molecular complexity index is 133. The van der Waals surface area contributed by atoms with Crippen molar-refractivity contribution in [3.05, 3.63) is 0 Å². The van der Waals surface area contributed by atoms with Crippen molar-refractivity contribution in [1.29, 1.82) is 0 Å². The van der Waals surface area contributed by atoms with Gasteiger partial charge in [0.2, 0.25) is 0 Å². The van der Waals surface area contributed by atoms with Crippen LogP contribution in [0.4, 0.5) is 0 Å². The van der Waals surface area contributed by atoms with Crippen LogP contribution in [0.15, 0.2) is 0 Å². The molecular weight excluding hydrogens is 148 g/mol. The minimum absolute atomic E-state index is 0.0299. The molecule has 0 aromatic carbocycles. The third kappa shape index (κ3) is 2.01. The Labute approximate surface area is 76.2 Å². The summed E-state index contributed by atoms with van der Waals surface area (Å²) < 4.78 is 0. The highest BCUT2D eigenvalue weighted by Gasteiger charge is 2.31. The lowest BCUT2D eigenvalue weighted by molar-refractivity contribution is 0.0225. The molecule has 0 aromatic rings. The quantitative estimate of drug-likeness (QED) is 0.675. The Morgan fingerprint density at radius 3 is 2.67 bits per heavy atom. The largest absolute Gasteiger partial charge is 0.393 e. The van der Waals surface area contributed by atoms with Crippen LogP contribution in [-0.4, -0.2) is 11.2 Å². The summed E-state index contributed by atoms with van der Waals surface area (Å²) in [6, 6.07) is 0. The van der Waals surface area contributed by atoms with E-state index in [1.54, 1.807) is 0 Å². The summed E-state index contributed by atoms with van der Waals surface area (Å²) in [5.74, 6) is 2.07. The van der Waals surface area contributed by atoms with Crippen LogP contribution in [0.1, 0.15) is 46.5 Å². The van der Waals surface area contributed by atoms with Gasteiger partial charge in [0.05, 0.1) is 6.10 Å². The van der Waals surface area contributed by atoms with Gasteiger partial charge in [0.1, 0.15) is 0 Å². The van der Waals surface area contributed by atoms with Crippen LogP contribution in [0.3, 0.4) is 0 Å². The van der Waals surface area contributed by atoms with Crippen molar-refractivity contribution in [2.75, 3.05) is 0 Å². The maximum atomic E-state index is 9.69. The van der Waals surface area contributed by atoms with Crippen LogP contribution in [0.5, 0.6) is 0 Å². The molecule has 0 radical (unpaired) electrons. The lowest BCUT2D eigenvalue weighted by Crippen LogP contribution is -2.33. The summed E-state index contributed by atoms with van der Waals surface area (Å²) in [4.78, 5) is 0. The first-order chi connectivity index (χ1) is 5.66. The van der Waals surface area contributed by atoms with Crippen molar-refractivity contribution in [1.82, 2.24) is 0 Å². The highest BCUT2D eigenvalue weighted by atomic mass is 16.3. The average molecular weight is 170 g/mol. The van der Waals surface area contributed by atoms with Crippen molar-refractivity contribution in [3.63, 3.8) is 0 Å². The minimum Gasteiger partial charge on any atom is -0.393 e. The third-order valence-corrected chi connectivity index (χ3v) is 3.69. The van der Waals surface area contributed by atoms with Gasteiger partial charge in [-0.05, 0) is 30.6 Å².